The lowest BCUT2D eigenvalue weighted by molar-refractivity contribution is -0.132. The topological polar surface area (TPSA) is 57.6 Å². The summed E-state index contributed by atoms with van der Waals surface area (Å²) >= 11 is 0. The molecule has 4 nitrogen and oxygen atoms in total. The van der Waals surface area contributed by atoms with Crippen molar-refractivity contribution >= 4 is 17.4 Å². The lowest BCUT2D eigenvalue weighted by atomic mass is 10.1. The molecular weight excluding hydrogens is 230 g/mol. The largest absolute Gasteiger partial charge is 0.478 e. The Morgan fingerprint density at radius 3 is 2.83 bits per heavy atom. The number of para-hydroxylation sites is 1. The van der Waals surface area contributed by atoms with Crippen LogP contribution in [0.25, 0.3) is 0 Å². The molecule has 1 aromatic rings. The summed E-state index contributed by atoms with van der Waals surface area (Å²) in [5.74, 6) is -0.878. The van der Waals surface area contributed by atoms with Crippen molar-refractivity contribution in [3.63, 3.8) is 0 Å². The molecule has 1 aromatic carbocycles. The molecule has 18 heavy (non-hydrogen) atoms. The third-order valence-corrected chi connectivity index (χ3v) is 3.06. The number of Topliss-reactive ketones (excluding diaryl/α,β-unsaturated/α-hetero) is 1. The van der Waals surface area contributed by atoms with E-state index in [-0.39, 0.29) is 17.9 Å². The monoisotopic (exact) mass is 245 g/mol. The summed E-state index contributed by atoms with van der Waals surface area (Å²) in [5.41, 5.74) is 1.62. The number of nitrogens with zero attached hydrogens (tertiary/aromatic N) is 1. The van der Waals surface area contributed by atoms with Gasteiger partial charge in [0.25, 0.3) is 0 Å². The zero-order valence-corrected chi connectivity index (χ0v) is 10.1. The molecule has 4 heteroatoms. The average Bonchev–Trinajstić information content (AvgIpc) is 2.51. The highest BCUT2D eigenvalue weighted by Crippen LogP contribution is 2.26. The summed E-state index contributed by atoms with van der Waals surface area (Å²) in [6.07, 6.45) is 1.24. The van der Waals surface area contributed by atoms with E-state index in [9.17, 15) is 9.59 Å². The van der Waals surface area contributed by atoms with Gasteiger partial charge in [0.1, 0.15) is 0 Å². The van der Waals surface area contributed by atoms with Crippen molar-refractivity contribution in [1.29, 1.82) is 0 Å². The lowest BCUT2D eigenvalue weighted by Gasteiger charge is -2.24. The quantitative estimate of drug-likeness (QED) is 0.829. The number of fused-ring (bicyclic) bond motifs is 1. The summed E-state index contributed by atoms with van der Waals surface area (Å²) in [6.45, 7) is 4.47. The van der Waals surface area contributed by atoms with Crippen molar-refractivity contribution in [2.24, 2.45) is 0 Å². The number of carboxylic acid groups (broad SMARTS) is 1. The van der Waals surface area contributed by atoms with Crippen molar-refractivity contribution in [2.75, 3.05) is 18.0 Å². The zero-order chi connectivity index (χ0) is 13.1. The van der Waals surface area contributed by atoms with Crippen LogP contribution in [-0.2, 0) is 4.79 Å². The van der Waals surface area contributed by atoms with Gasteiger partial charge in [0.2, 0.25) is 0 Å². The molecule has 0 saturated heterocycles. The molecule has 1 aliphatic heterocycles. The highest BCUT2D eigenvalue weighted by Gasteiger charge is 2.21. The number of benzene rings is 1. The van der Waals surface area contributed by atoms with E-state index < -0.39 is 5.97 Å². The van der Waals surface area contributed by atoms with Crippen molar-refractivity contribution < 1.29 is 14.7 Å². The van der Waals surface area contributed by atoms with E-state index in [1.165, 1.54) is 0 Å². The normalized spacial score (nSPS) is 14.9. The number of ketones is 1. The zero-order valence-electron chi connectivity index (χ0n) is 10.1. The van der Waals surface area contributed by atoms with E-state index in [4.69, 9.17) is 5.11 Å². The molecule has 0 atom stereocenters. The molecule has 0 saturated carbocycles. The van der Waals surface area contributed by atoms with Crippen LogP contribution in [0.15, 0.2) is 36.4 Å². The van der Waals surface area contributed by atoms with E-state index in [0.717, 1.165) is 12.1 Å². The number of carbonyl (C=O) groups excluding carboxylic acids is 1. The van der Waals surface area contributed by atoms with Crippen LogP contribution in [-0.4, -0.2) is 29.9 Å². The number of hydrogen-bond acceptors (Lipinski definition) is 3. The Balaban J connectivity index is 2.31. The van der Waals surface area contributed by atoms with E-state index in [1.54, 1.807) is 6.07 Å². The van der Waals surface area contributed by atoms with Crippen LogP contribution in [0.1, 0.15) is 23.2 Å². The first-order chi connectivity index (χ1) is 8.59. The fourth-order valence-electron chi connectivity index (χ4n) is 2.13. The van der Waals surface area contributed by atoms with E-state index in [2.05, 4.69) is 6.58 Å². The molecule has 0 fully saturated rings. The molecular formula is C14H15NO3. The average molecular weight is 245 g/mol. The Morgan fingerprint density at radius 1 is 1.39 bits per heavy atom. The maximum absolute atomic E-state index is 11.9. The summed E-state index contributed by atoms with van der Waals surface area (Å²) in [4.78, 5) is 24.7. The predicted molar refractivity (Wildman–Crippen MR) is 69.0 cm³/mol. The van der Waals surface area contributed by atoms with Gasteiger partial charge in [-0.3, -0.25) is 4.79 Å². The van der Waals surface area contributed by atoms with Crippen LogP contribution in [0.5, 0.6) is 0 Å². The molecule has 0 spiro atoms. The third kappa shape index (κ3) is 2.42. The number of carbonyl (C=O) groups is 2. The smallest absolute Gasteiger partial charge is 0.332 e. The molecule has 0 radical (unpaired) electrons. The van der Waals surface area contributed by atoms with Gasteiger partial charge in [0.05, 0.1) is 0 Å². The number of rotatable bonds is 3. The Morgan fingerprint density at radius 2 is 2.11 bits per heavy atom. The SMILES string of the molecule is C=C(CN1CCCC(=O)c2ccccc21)C(=O)O. The predicted octanol–water partition coefficient (Wildman–Crippen LogP) is 2.11. The van der Waals surface area contributed by atoms with E-state index in [1.807, 2.05) is 23.1 Å². The molecule has 0 unspecified atom stereocenters. The van der Waals surface area contributed by atoms with Crippen molar-refractivity contribution in [3.05, 3.63) is 42.0 Å². The Hall–Kier alpha value is -2.10. The van der Waals surface area contributed by atoms with Crippen LogP contribution < -0.4 is 4.90 Å². The van der Waals surface area contributed by atoms with Crippen molar-refractivity contribution in [3.8, 4) is 0 Å². The minimum Gasteiger partial charge on any atom is -0.478 e. The third-order valence-electron chi connectivity index (χ3n) is 3.06. The van der Waals surface area contributed by atoms with Gasteiger partial charge in [-0.25, -0.2) is 4.79 Å². The van der Waals surface area contributed by atoms with Gasteiger partial charge >= 0.3 is 5.97 Å². The molecule has 0 aliphatic carbocycles. The number of aliphatic carboxylic acids is 1. The Labute approximate surface area is 106 Å². The fourth-order valence-corrected chi connectivity index (χ4v) is 2.13. The first kappa shape index (κ1) is 12.4. The minimum absolute atomic E-state index is 0.119. The highest BCUT2D eigenvalue weighted by molar-refractivity contribution is 6.02. The second-order valence-corrected chi connectivity index (χ2v) is 4.37. The number of hydrogen-bond donors (Lipinski definition) is 1. The van der Waals surface area contributed by atoms with Gasteiger partial charge in [-0.15, -0.1) is 0 Å². The van der Waals surface area contributed by atoms with Gasteiger partial charge in [-0.2, -0.15) is 0 Å². The lowest BCUT2D eigenvalue weighted by Crippen LogP contribution is -2.28. The van der Waals surface area contributed by atoms with Crippen LogP contribution in [0, 0.1) is 0 Å². The molecule has 1 N–H and O–H groups in total. The molecule has 0 bridgehead atoms. The van der Waals surface area contributed by atoms with Crippen LogP contribution in [0.3, 0.4) is 0 Å². The second-order valence-electron chi connectivity index (χ2n) is 4.37. The molecule has 94 valence electrons. The summed E-state index contributed by atoms with van der Waals surface area (Å²) in [5, 5.41) is 8.89. The van der Waals surface area contributed by atoms with Gasteiger partial charge in [-0.1, -0.05) is 18.7 Å². The summed E-state index contributed by atoms with van der Waals surface area (Å²) < 4.78 is 0. The number of carboxylic acids is 1. The first-order valence-corrected chi connectivity index (χ1v) is 5.88. The second kappa shape index (κ2) is 5.04. The van der Waals surface area contributed by atoms with Crippen LogP contribution in [0.4, 0.5) is 5.69 Å². The standard InChI is InChI=1S/C14H15NO3/c1-10(14(17)18)9-15-8-4-7-13(16)11-5-2-3-6-12(11)15/h2-3,5-6H,1,4,7-9H2,(H,17,18). The maximum atomic E-state index is 11.9. The van der Waals surface area contributed by atoms with Gasteiger partial charge < -0.3 is 10.0 Å². The molecule has 0 aromatic heterocycles. The number of anilines is 1. The van der Waals surface area contributed by atoms with Crippen molar-refractivity contribution in [2.45, 2.75) is 12.8 Å². The summed E-state index contributed by atoms with van der Waals surface area (Å²) in [7, 11) is 0. The molecule has 1 heterocycles. The summed E-state index contributed by atoms with van der Waals surface area (Å²) in [6, 6.07) is 7.33. The fraction of sp³-hybridized carbons (Fsp3) is 0.286. The maximum Gasteiger partial charge on any atom is 0.332 e. The minimum atomic E-state index is -0.997. The first-order valence-electron chi connectivity index (χ1n) is 5.88. The Kier molecular flexibility index (Phi) is 3.46. The van der Waals surface area contributed by atoms with Gasteiger partial charge in [0, 0.05) is 36.3 Å². The van der Waals surface area contributed by atoms with Gasteiger partial charge in [0.15, 0.2) is 5.78 Å². The molecule has 1 aliphatic rings. The van der Waals surface area contributed by atoms with E-state index >= 15 is 0 Å². The van der Waals surface area contributed by atoms with Crippen LogP contribution in [0.2, 0.25) is 0 Å². The Bertz CT molecular complexity index is 508. The van der Waals surface area contributed by atoms with Gasteiger partial charge in [-0.05, 0) is 18.6 Å². The van der Waals surface area contributed by atoms with Crippen molar-refractivity contribution in [1.82, 2.24) is 0 Å². The van der Waals surface area contributed by atoms with Crippen LogP contribution >= 0.6 is 0 Å². The molecule has 2 rings (SSSR count). The molecule has 0 amide bonds. The van der Waals surface area contributed by atoms with E-state index in [0.29, 0.717) is 18.5 Å². The highest BCUT2D eigenvalue weighted by atomic mass is 16.4.